The first kappa shape index (κ1) is 36.1. The van der Waals surface area contributed by atoms with Crippen LogP contribution in [0.2, 0.25) is 0 Å². The number of carbonyl (C=O) groups excluding carboxylic acids is 2. The summed E-state index contributed by atoms with van der Waals surface area (Å²) in [6.07, 6.45) is -10.7. The van der Waals surface area contributed by atoms with E-state index in [4.69, 9.17) is 14.2 Å². The summed E-state index contributed by atoms with van der Waals surface area (Å²) in [5, 5.41) is 0. The Labute approximate surface area is 268 Å². The van der Waals surface area contributed by atoms with Crippen molar-refractivity contribution in [3.05, 3.63) is 69.5 Å². The second kappa shape index (κ2) is 12.7. The van der Waals surface area contributed by atoms with Crippen molar-refractivity contribution in [1.82, 2.24) is 4.90 Å². The van der Waals surface area contributed by atoms with Gasteiger partial charge in [-0.3, -0.25) is 9.69 Å². The largest absolute Gasteiger partial charge is 0.496 e. The Hall–Kier alpha value is -3.77. The molecule has 13 heteroatoms. The van der Waals surface area contributed by atoms with Gasteiger partial charge in [0.15, 0.2) is 0 Å². The number of rotatable bonds is 8. The highest BCUT2D eigenvalue weighted by Crippen LogP contribution is 2.47. The van der Waals surface area contributed by atoms with E-state index in [1.807, 2.05) is 13.8 Å². The van der Waals surface area contributed by atoms with Gasteiger partial charge in [-0.1, -0.05) is 13.8 Å². The van der Waals surface area contributed by atoms with Crippen molar-refractivity contribution >= 4 is 17.6 Å². The van der Waals surface area contributed by atoms with E-state index < -0.39 is 64.5 Å². The number of esters is 1. The highest BCUT2D eigenvalue weighted by Gasteiger charge is 2.44. The number of carbonyl (C=O) groups is 2. The molecule has 0 spiro atoms. The Balaban J connectivity index is 1.77. The standard InChI is InChI=1S/C34H38F7NO5/c1-18-28(19-10-22(33(36,37)38)13-23(11-19)34(39,40)41)47-30(44)42(18)17-21-15-31(2,3)9-8-24(21)25-12-20(26(35)14-27(25)45-6)16-32(4,5)29(43)46-7/h10-14,18,28H,8-9,15-17H2,1-7H3/t18-,28-/m0/s1. The van der Waals surface area contributed by atoms with Gasteiger partial charge in [0.2, 0.25) is 0 Å². The number of hydrogen-bond donors (Lipinski definition) is 0. The number of alkyl halides is 6. The highest BCUT2D eigenvalue weighted by molar-refractivity contribution is 5.78. The fourth-order valence-electron chi connectivity index (χ4n) is 6.36. The molecule has 47 heavy (non-hydrogen) atoms. The summed E-state index contributed by atoms with van der Waals surface area (Å²) in [7, 11) is 2.63. The molecule has 0 saturated carbocycles. The number of benzene rings is 2. The van der Waals surface area contributed by atoms with Crippen LogP contribution in [0.4, 0.5) is 35.5 Å². The second-order valence-corrected chi connectivity index (χ2v) is 13.6. The number of cyclic esters (lactones) is 1. The Morgan fingerprint density at radius 3 is 2.13 bits per heavy atom. The topological polar surface area (TPSA) is 65.1 Å². The van der Waals surface area contributed by atoms with Crippen LogP contribution in [0.3, 0.4) is 0 Å². The minimum atomic E-state index is -5.06. The molecule has 1 amide bonds. The first-order valence-corrected chi connectivity index (χ1v) is 15.0. The molecule has 0 N–H and O–H groups in total. The zero-order valence-corrected chi connectivity index (χ0v) is 27.2. The minimum Gasteiger partial charge on any atom is -0.496 e. The summed E-state index contributed by atoms with van der Waals surface area (Å²) in [5.41, 5.74) is -2.38. The molecule has 0 radical (unpaired) electrons. The van der Waals surface area contributed by atoms with Crippen molar-refractivity contribution in [3.8, 4) is 5.75 Å². The molecular weight excluding hydrogens is 635 g/mol. The van der Waals surface area contributed by atoms with E-state index in [2.05, 4.69) is 0 Å². The maximum atomic E-state index is 15.3. The predicted molar refractivity (Wildman–Crippen MR) is 159 cm³/mol. The molecule has 2 aromatic carbocycles. The molecule has 0 unspecified atom stereocenters. The molecule has 1 fully saturated rings. The van der Waals surface area contributed by atoms with E-state index in [-0.39, 0.29) is 35.8 Å². The van der Waals surface area contributed by atoms with Gasteiger partial charge in [0.1, 0.15) is 17.7 Å². The van der Waals surface area contributed by atoms with Gasteiger partial charge in [0.25, 0.3) is 0 Å². The van der Waals surface area contributed by atoms with Gasteiger partial charge in [-0.2, -0.15) is 26.3 Å². The Morgan fingerprint density at radius 2 is 1.60 bits per heavy atom. The van der Waals surface area contributed by atoms with Crippen molar-refractivity contribution < 1.29 is 54.5 Å². The van der Waals surface area contributed by atoms with Gasteiger partial charge in [-0.15, -0.1) is 0 Å². The van der Waals surface area contributed by atoms with Crippen LogP contribution in [0.5, 0.6) is 5.75 Å². The third kappa shape index (κ3) is 7.70. The lowest BCUT2D eigenvalue weighted by molar-refractivity contribution is -0.150. The molecule has 1 heterocycles. The molecule has 2 aliphatic rings. The highest BCUT2D eigenvalue weighted by atomic mass is 19.4. The molecule has 2 aromatic rings. The summed E-state index contributed by atoms with van der Waals surface area (Å²) in [4.78, 5) is 26.8. The molecule has 0 bridgehead atoms. The van der Waals surface area contributed by atoms with E-state index in [1.165, 1.54) is 32.1 Å². The van der Waals surface area contributed by atoms with Crippen LogP contribution < -0.4 is 4.74 Å². The third-order valence-corrected chi connectivity index (χ3v) is 8.93. The lowest BCUT2D eigenvalue weighted by Gasteiger charge is -2.36. The first-order chi connectivity index (χ1) is 21.6. The van der Waals surface area contributed by atoms with Crippen molar-refractivity contribution in [3.63, 3.8) is 0 Å². The van der Waals surface area contributed by atoms with Crippen LogP contribution in [0.1, 0.15) is 87.8 Å². The average Bonchev–Trinajstić information content (AvgIpc) is 3.24. The van der Waals surface area contributed by atoms with Gasteiger partial charge in [-0.25, -0.2) is 9.18 Å². The van der Waals surface area contributed by atoms with Crippen molar-refractivity contribution in [2.45, 2.75) is 84.8 Å². The predicted octanol–water partition coefficient (Wildman–Crippen LogP) is 9.16. The van der Waals surface area contributed by atoms with Crippen LogP contribution in [-0.4, -0.2) is 43.8 Å². The van der Waals surface area contributed by atoms with Gasteiger partial charge in [-0.05, 0) is 98.4 Å². The zero-order valence-electron chi connectivity index (χ0n) is 27.2. The molecule has 2 atom stereocenters. The molecule has 1 aliphatic heterocycles. The number of allylic oxidation sites excluding steroid dienone is 1. The quantitative estimate of drug-likeness (QED) is 0.207. The maximum absolute atomic E-state index is 15.3. The first-order valence-electron chi connectivity index (χ1n) is 15.0. The summed E-state index contributed by atoms with van der Waals surface area (Å²) in [5.74, 6) is -0.875. The lowest BCUT2D eigenvalue weighted by Crippen LogP contribution is -2.35. The van der Waals surface area contributed by atoms with Crippen LogP contribution in [0.25, 0.3) is 5.57 Å². The summed E-state index contributed by atoms with van der Waals surface area (Å²) >= 11 is 0. The fraction of sp³-hybridized carbons (Fsp3) is 0.529. The lowest BCUT2D eigenvalue weighted by atomic mass is 9.72. The van der Waals surface area contributed by atoms with Crippen LogP contribution in [0.15, 0.2) is 35.9 Å². The molecular formula is C34H38F7NO5. The van der Waals surface area contributed by atoms with Crippen LogP contribution >= 0.6 is 0 Å². The Morgan fingerprint density at radius 1 is 1.00 bits per heavy atom. The molecule has 1 saturated heterocycles. The van der Waals surface area contributed by atoms with Gasteiger partial charge < -0.3 is 14.2 Å². The van der Waals surface area contributed by atoms with Crippen LogP contribution in [0, 0.1) is 16.6 Å². The number of nitrogens with zero attached hydrogens (tertiary/aromatic N) is 1. The zero-order chi connectivity index (χ0) is 35.3. The number of amides is 1. The number of methoxy groups -OCH3 is 2. The second-order valence-electron chi connectivity index (χ2n) is 13.6. The minimum absolute atomic E-state index is 0.0185. The molecule has 1 aliphatic carbocycles. The van der Waals surface area contributed by atoms with Gasteiger partial charge in [0, 0.05) is 18.2 Å². The van der Waals surface area contributed by atoms with Crippen molar-refractivity contribution in [2.24, 2.45) is 10.8 Å². The smallest absolute Gasteiger partial charge is 0.416 e. The molecule has 258 valence electrons. The Kier molecular flexibility index (Phi) is 9.74. The van der Waals surface area contributed by atoms with E-state index >= 15 is 4.39 Å². The number of halogens is 7. The molecule has 6 nitrogen and oxygen atoms in total. The summed E-state index contributed by atoms with van der Waals surface area (Å²) < 4.78 is 113. The monoisotopic (exact) mass is 673 g/mol. The number of hydrogen-bond acceptors (Lipinski definition) is 5. The van der Waals surface area contributed by atoms with Gasteiger partial charge >= 0.3 is 24.4 Å². The van der Waals surface area contributed by atoms with Crippen LogP contribution in [-0.2, 0) is 33.0 Å². The Bertz CT molecular complexity index is 1540. The molecule has 4 rings (SSSR count). The average molecular weight is 674 g/mol. The summed E-state index contributed by atoms with van der Waals surface area (Å²) in [6, 6.07) is 3.09. The number of ether oxygens (including phenoxy) is 3. The normalized spacial score (nSPS) is 20.4. The van der Waals surface area contributed by atoms with E-state index in [1.54, 1.807) is 19.9 Å². The summed E-state index contributed by atoms with van der Waals surface area (Å²) in [6.45, 7) is 8.80. The van der Waals surface area contributed by atoms with Crippen molar-refractivity contribution in [2.75, 3.05) is 20.8 Å². The SMILES string of the molecule is COC(=O)C(C)(C)Cc1cc(C2=C(CN3C(=O)O[C@H](c4cc(C(F)(F)F)cc(C(F)(F)F)c4)[C@@H]3C)CC(C)(C)CC2)c(OC)cc1F. The van der Waals surface area contributed by atoms with Gasteiger partial charge in [0.05, 0.1) is 36.8 Å². The van der Waals surface area contributed by atoms with E-state index in [0.717, 1.165) is 17.6 Å². The third-order valence-electron chi connectivity index (χ3n) is 8.93. The van der Waals surface area contributed by atoms with Crippen molar-refractivity contribution in [1.29, 1.82) is 0 Å². The van der Waals surface area contributed by atoms with E-state index in [0.29, 0.717) is 30.5 Å². The fourth-order valence-corrected chi connectivity index (χ4v) is 6.36. The van der Waals surface area contributed by atoms with E-state index in [9.17, 15) is 35.9 Å². The molecule has 0 aromatic heterocycles. The maximum Gasteiger partial charge on any atom is 0.416 e.